The first kappa shape index (κ1) is 37.1. The molecule has 0 saturated carbocycles. The van der Waals surface area contributed by atoms with Crippen molar-refractivity contribution in [3.05, 3.63) is 259 Å². The van der Waals surface area contributed by atoms with Crippen molar-refractivity contribution < 1.29 is 0 Å². The molecule has 2 aromatic heterocycles. The summed E-state index contributed by atoms with van der Waals surface area (Å²) in [5.74, 6) is 0.672. The van der Waals surface area contributed by atoms with E-state index in [0.29, 0.717) is 5.82 Å². The molecule has 3 heteroatoms. The van der Waals surface area contributed by atoms with Gasteiger partial charge in [-0.25, -0.2) is 9.97 Å². The molecule has 0 aliphatic heterocycles. The number of pyridine rings is 1. The summed E-state index contributed by atoms with van der Waals surface area (Å²) >= 11 is 0. The third kappa shape index (κ3) is 5.79. The van der Waals surface area contributed by atoms with Gasteiger partial charge >= 0.3 is 0 Å². The molecule has 2 heterocycles. The van der Waals surface area contributed by atoms with E-state index in [0.717, 1.165) is 39.2 Å². The molecule has 302 valence electrons. The normalized spacial score (nSPS) is 12.7. The van der Waals surface area contributed by atoms with E-state index < -0.39 is 5.41 Å². The number of aromatic nitrogens is 3. The smallest absolute Gasteiger partial charge is 0.160 e. The molecule has 0 saturated heterocycles. The molecule has 0 bridgehead atoms. The van der Waals surface area contributed by atoms with Crippen molar-refractivity contribution in [1.29, 1.82) is 0 Å². The molecule has 3 nitrogen and oxygen atoms in total. The molecule has 13 rings (SSSR count). The van der Waals surface area contributed by atoms with Gasteiger partial charge in [-0.3, -0.25) is 4.98 Å². The highest BCUT2D eigenvalue weighted by molar-refractivity contribution is 5.99. The zero-order valence-corrected chi connectivity index (χ0v) is 35.4. The fraction of sp³-hybridized carbons (Fsp3) is 0.0161. The van der Waals surface area contributed by atoms with E-state index in [1.807, 2.05) is 12.3 Å². The van der Waals surface area contributed by atoms with Crippen LogP contribution < -0.4 is 0 Å². The summed E-state index contributed by atoms with van der Waals surface area (Å²) in [5, 5.41) is 2.47. The van der Waals surface area contributed by atoms with Gasteiger partial charge in [-0.1, -0.05) is 206 Å². The lowest BCUT2D eigenvalue weighted by Crippen LogP contribution is -2.29. The second-order valence-electron chi connectivity index (χ2n) is 17.1. The summed E-state index contributed by atoms with van der Waals surface area (Å²) in [6.45, 7) is 0. The maximum Gasteiger partial charge on any atom is 0.160 e. The van der Waals surface area contributed by atoms with Crippen LogP contribution in [0.1, 0.15) is 22.3 Å². The van der Waals surface area contributed by atoms with Gasteiger partial charge in [0.1, 0.15) is 0 Å². The SMILES string of the molecule is c1cncc(-c2ccc(-c3nc(-c4ccc(-c5cccc6ccccc56)cc4)cc(-c4ccc5c(c4)-c4ccccc4-c4ccccc4C54c5ccccc5-c5ccccc54)n3)cc2)c1. The predicted molar refractivity (Wildman–Crippen MR) is 266 cm³/mol. The maximum absolute atomic E-state index is 5.41. The number of rotatable bonds is 5. The fourth-order valence-electron chi connectivity index (χ4n) is 10.7. The number of nitrogens with zero attached hydrogens (tertiary/aromatic N) is 3. The van der Waals surface area contributed by atoms with Gasteiger partial charge < -0.3 is 0 Å². The molecule has 0 amide bonds. The van der Waals surface area contributed by atoms with Gasteiger partial charge in [-0.15, -0.1) is 0 Å². The Bertz CT molecular complexity index is 3590. The lowest BCUT2D eigenvalue weighted by molar-refractivity contribution is 0.775. The molecule has 9 aromatic carbocycles. The van der Waals surface area contributed by atoms with Gasteiger partial charge in [0.05, 0.1) is 16.8 Å². The van der Waals surface area contributed by atoms with E-state index in [1.165, 1.54) is 77.5 Å². The van der Waals surface area contributed by atoms with E-state index in [2.05, 4.69) is 223 Å². The second-order valence-corrected chi connectivity index (χ2v) is 17.1. The Balaban J connectivity index is 1.02. The minimum atomic E-state index is -0.541. The van der Waals surface area contributed by atoms with Crippen molar-refractivity contribution in [1.82, 2.24) is 15.0 Å². The van der Waals surface area contributed by atoms with Gasteiger partial charge in [0.2, 0.25) is 0 Å². The summed E-state index contributed by atoms with van der Waals surface area (Å²) in [7, 11) is 0. The molecule has 1 spiro atoms. The van der Waals surface area contributed by atoms with Crippen molar-refractivity contribution in [2.24, 2.45) is 0 Å². The van der Waals surface area contributed by atoms with E-state index in [1.54, 1.807) is 6.20 Å². The highest BCUT2D eigenvalue weighted by Gasteiger charge is 2.49. The Hall–Kier alpha value is -8.53. The van der Waals surface area contributed by atoms with Crippen molar-refractivity contribution in [3.8, 4) is 89.5 Å². The average molecular weight is 826 g/mol. The quantitative estimate of drug-likeness (QED) is 0.173. The topological polar surface area (TPSA) is 38.7 Å². The second kappa shape index (κ2) is 14.8. The van der Waals surface area contributed by atoms with Crippen LogP contribution in [-0.4, -0.2) is 15.0 Å². The van der Waals surface area contributed by atoms with Crippen molar-refractivity contribution in [2.75, 3.05) is 0 Å². The van der Waals surface area contributed by atoms with Crippen LogP contribution >= 0.6 is 0 Å². The van der Waals surface area contributed by atoms with Gasteiger partial charge in [-0.2, -0.15) is 0 Å². The first-order valence-electron chi connectivity index (χ1n) is 22.2. The maximum atomic E-state index is 5.41. The predicted octanol–water partition coefficient (Wildman–Crippen LogP) is 15.4. The van der Waals surface area contributed by atoms with Crippen molar-refractivity contribution in [2.45, 2.75) is 5.41 Å². The molecular formula is C62H39N3. The van der Waals surface area contributed by atoms with E-state index >= 15 is 0 Å². The molecule has 0 N–H and O–H groups in total. The minimum Gasteiger partial charge on any atom is -0.264 e. The highest BCUT2D eigenvalue weighted by Crippen LogP contribution is 2.61. The Morgan fingerprint density at radius 3 is 1.46 bits per heavy atom. The monoisotopic (exact) mass is 825 g/mol. The third-order valence-electron chi connectivity index (χ3n) is 13.7. The number of hydrogen-bond acceptors (Lipinski definition) is 3. The summed E-state index contributed by atoms with van der Waals surface area (Å²) < 4.78 is 0. The fourth-order valence-corrected chi connectivity index (χ4v) is 10.7. The standard InChI is InChI=1S/C62H39N3/c1-2-16-47-41(13-1)14-11-22-48(47)42-28-30-43(31-29-42)59-38-60(65-61(64-59)44-32-26-40(27-33-44)46-15-12-36-63-39-46)45-34-35-58-54(37-45)50-18-4-3-17-49(50)51-19-5-8-23-55(51)62(58)56-24-9-6-20-52(56)53-21-7-10-25-57(53)62/h1-39H. The molecule has 0 radical (unpaired) electrons. The highest BCUT2D eigenvalue weighted by atomic mass is 14.9. The molecule has 2 aliphatic rings. The molecule has 0 unspecified atom stereocenters. The Morgan fingerprint density at radius 2 is 0.785 bits per heavy atom. The Morgan fingerprint density at radius 1 is 0.292 bits per heavy atom. The van der Waals surface area contributed by atoms with Gasteiger partial charge in [0.15, 0.2) is 5.82 Å². The summed E-state index contributed by atoms with van der Waals surface area (Å²) in [4.78, 5) is 15.1. The van der Waals surface area contributed by atoms with Crippen LogP contribution in [0.4, 0.5) is 0 Å². The summed E-state index contributed by atoms with van der Waals surface area (Å²) in [6, 6.07) is 81.6. The van der Waals surface area contributed by atoms with E-state index in [-0.39, 0.29) is 0 Å². The zero-order chi connectivity index (χ0) is 42.9. The lowest BCUT2D eigenvalue weighted by atomic mass is 9.66. The van der Waals surface area contributed by atoms with Crippen LogP contribution in [0.15, 0.2) is 237 Å². The molecule has 65 heavy (non-hydrogen) atoms. The van der Waals surface area contributed by atoms with Crippen LogP contribution in [0.2, 0.25) is 0 Å². The number of hydrogen-bond donors (Lipinski definition) is 0. The molecule has 11 aromatic rings. The Labute approximate surface area is 378 Å². The van der Waals surface area contributed by atoms with Crippen LogP contribution in [0.3, 0.4) is 0 Å². The minimum absolute atomic E-state index is 0.541. The van der Waals surface area contributed by atoms with E-state index in [4.69, 9.17) is 9.97 Å². The summed E-state index contributed by atoms with van der Waals surface area (Å²) in [6.07, 6.45) is 3.70. The van der Waals surface area contributed by atoms with Gasteiger partial charge in [0.25, 0.3) is 0 Å². The first-order valence-corrected chi connectivity index (χ1v) is 22.2. The molecule has 2 aliphatic carbocycles. The molecular weight excluding hydrogens is 787 g/mol. The first-order chi connectivity index (χ1) is 32.2. The summed E-state index contributed by atoms with van der Waals surface area (Å²) in [5.41, 5.74) is 21.4. The van der Waals surface area contributed by atoms with Crippen LogP contribution in [-0.2, 0) is 5.41 Å². The average Bonchev–Trinajstić information content (AvgIpc) is 3.63. The van der Waals surface area contributed by atoms with E-state index in [9.17, 15) is 0 Å². The lowest BCUT2D eigenvalue weighted by Gasteiger charge is -2.35. The largest absolute Gasteiger partial charge is 0.264 e. The number of fused-ring (bicyclic) bond motifs is 13. The molecule has 0 fully saturated rings. The van der Waals surface area contributed by atoms with Gasteiger partial charge in [0, 0.05) is 29.1 Å². The van der Waals surface area contributed by atoms with Crippen LogP contribution in [0.5, 0.6) is 0 Å². The Kier molecular flexibility index (Phi) is 8.44. The number of benzene rings is 9. The van der Waals surface area contributed by atoms with Crippen LogP contribution in [0, 0.1) is 0 Å². The van der Waals surface area contributed by atoms with Crippen molar-refractivity contribution in [3.63, 3.8) is 0 Å². The van der Waals surface area contributed by atoms with Crippen LogP contribution in [0.25, 0.3) is 100 Å². The zero-order valence-electron chi connectivity index (χ0n) is 35.4. The van der Waals surface area contributed by atoms with Crippen molar-refractivity contribution >= 4 is 10.8 Å². The molecule has 0 atom stereocenters. The third-order valence-corrected chi connectivity index (χ3v) is 13.7. The van der Waals surface area contributed by atoms with Gasteiger partial charge in [-0.05, 0) is 107 Å².